The standard InChI is InChI=1S/C19H22N6O2/c1-24-9-7-14(8-10-24)21-17-5-6-18-20-12-16(25(18)23-17)13-3-2-4-15(11-13)22-19(26)27/h2-6,11-12,14,22H,7-10H2,1H3,(H,21,23)(H,26,27). The van der Waals surface area contributed by atoms with E-state index in [4.69, 9.17) is 10.2 Å². The molecule has 1 amide bonds. The van der Waals surface area contributed by atoms with Gasteiger partial charge in [-0.2, -0.15) is 0 Å². The van der Waals surface area contributed by atoms with Crippen LogP contribution in [-0.2, 0) is 0 Å². The van der Waals surface area contributed by atoms with Crippen molar-refractivity contribution < 1.29 is 9.90 Å². The van der Waals surface area contributed by atoms with Gasteiger partial charge in [-0.25, -0.2) is 14.3 Å². The highest BCUT2D eigenvalue weighted by Gasteiger charge is 2.17. The van der Waals surface area contributed by atoms with Gasteiger partial charge in [-0.05, 0) is 57.2 Å². The fourth-order valence-electron chi connectivity index (χ4n) is 3.39. The predicted molar refractivity (Wildman–Crippen MR) is 104 cm³/mol. The minimum Gasteiger partial charge on any atom is -0.465 e. The second-order valence-corrected chi connectivity index (χ2v) is 6.86. The van der Waals surface area contributed by atoms with Gasteiger partial charge in [-0.15, -0.1) is 5.10 Å². The van der Waals surface area contributed by atoms with Crippen LogP contribution in [0.3, 0.4) is 0 Å². The minimum absolute atomic E-state index is 0.418. The van der Waals surface area contributed by atoms with E-state index in [0.717, 1.165) is 48.7 Å². The summed E-state index contributed by atoms with van der Waals surface area (Å²) in [6.07, 6.45) is 2.85. The van der Waals surface area contributed by atoms with Gasteiger partial charge < -0.3 is 15.3 Å². The van der Waals surface area contributed by atoms with Gasteiger partial charge in [0.15, 0.2) is 5.65 Å². The molecule has 3 heterocycles. The largest absolute Gasteiger partial charge is 0.465 e. The highest BCUT2D eigenvalue weighted by Crippen LogP contribution is 2.24. The lowest BCUT2D eigenvalue weighted by atomic mass is 10.1. The average Bonchev–Trinajstić information content (AvgIpc) is 3.06. The molecule has 140 valence electrons. The molecule has 1 aliphatic rings. The summed E-state index contributed by atoms with van der Waals surface area (Å²) in [4.78, 5) is 17.6. The van der Waals surface area contributed by atoms with E-state index < -0.39 is 6.09 Å². The van der Waals surface area contributed by atoms with Crippen molar-refractivity contribution in [3.63, 3.8) is 0 Å². The first-order chi connectivity index (χ1) is 13.1. The van der Waals surface area contributed by atoms with Crippen molar-refractivity contribution in [3.05, 3.63) is 42.6 Å². The van der Waals surface area contributed by atoms with E-state index in [1.807, 2.05) is 18.2 Å². The monoisotopic (exact) mass is 366 g/mol. The summed E-state index contributed by atoms with van der Waals surface area (Å²) < 4.78 is 1.79. The molecule has 1 fully saturated rings. The number of likely N-dealkylation sites (tertiary alicyclic amines) is 1. The second kappa shape index (κ2) is 7.24. The van der Waals surface area contributed by atoms with E-state index in [1.165, 1.54) is 0 Å². The van der Waals surface area contributed by atoms with Gasteiger partial charge in [0, 0.05) is 17.3 Å². The minimum atomic E-state index is -1.09. The summed E-state index contributed by atoms with van der Waals surface area (Å²) in [5.41, 5.74) is 2.91. The normalized spacial score (nSPS) is 15.7. The maximum atomic E-state index is 10.9. The Hall–Kier alpha value is -3.13. The smallest absolute Gasteiger partial charge is 0.409 e. The number of hydrogen-bond acceptors (Lipinski definition) is 5. The molecule has 1 aliphatic heterocycles. The molecule has 2 aromatic heterocycles. The molecule has 1 aromatic carbocycles. The van der Waals surface area contributed by atoms with Crippen LogP contribution in [0.1, 0.15) is 12.8 Å². The first-order valence-electron chi connectivity index (χ1n) is 8.99. The highest BCUT2D eigenvalue weighted by atomic mass is 16.4. The Balaban J connectivity index is 1.61. The van der Waals surface area contributed by atoms with E-state index in [2.05, 4.69) is 27.6 Å². The van der Waals surface area contributed by atoms with Crippen LogP contribution in [0.25, 0.3) is 16.9 Å². The third-order valence-electron chi connectivity index (χ3n) is 4.84. The van der Waals surface area contributed by atoms with Crippen LogP contribution in [0, 0.1) is 0 Å². The van der Waals surface area contributed by atoms with Crippen molar-refractivity contribution in [2.24, 2.45) is 0 Å². The Morgan fingerprint density at radius 2 is 2.04 bits per heavy atom. The molecule has 0 unspecified atom stereocenters. The lowest BCUT2D eigenvalue weighted by Gasteiger charge is -2.29. The number of carboxylic acid groups (broad SMARTS) is 1. The highest BCUT2D eigenvalue weighted by molar-refractivity contribution is 5.84. The number of anilines is 2. The second-order valence-electron chi connectivity index (χ2n) is 6.86. The summed E-state index contributed by atoms with van der Waals surface area (Å²) in [6.45, 7) is 2.17. The van der Waals surface area contributed by atoms with Crippen molar-refractivity contribution in [1.29, 1.82) is 0 Å². The average molecular weight is 366 g/mol. The third-order valence-corrected chi connectivity index (χ3v) is 4.84. The molecular weight excluding hydrogens is 344 g/mol. The zero-order valence-corrected chi connectivity index (χ0v) is 15.1. The number of benzene rings is 1. The number of nitrogens with one attached hydrogen (secondary N) is 2. The number of carbonyl (C=O) groups is 1. The van der Waals surface area contributed by atoms with Crippen LogP contribution in [-0.4, -0.2) is 56.9 Å². The molecular formula is C19H22N6O2. The van der Waals surface area contributed by atoms with Gasteiger partial charge in [0.05, 0.1) is 11.9 Å². The maximum absolute atomic E-state index is 10.9. The molecule has 0 radical (unpaired) electrons. The van der Waals surface area contributed by atoms with Gasteiger partial charge >= 0.3 is 6.09 Å². The number of fused-ring (bicyclic) bond motifs is 1. The van der Waals surface area contributed by atoms with E-state index in [1.54, 1.807) is 28.9 Å². The van der Waals surface area contributed by atoms with E-state index in [0.29, 0.717) is 11.7 Å². The molecule has 27 heavy (non-hydrogen) atoms. The molecule has 1 saturated heterocycles. The molecule has 0 atom stereocenters. The third kappa shape index (κ3) is 3.85. The summed E-state index contributed by atoms with van der Waals surface area (Å²) in [5.74, 6) is 0.816. The fraction of sp³-hybridized carbons (Fsp3) is 0.316. The zero-order valence-electron chi connectivity index (χ0n) is 15.1. The summed E-state index contributed by atoms with van der Waals surface area (Å²) in [6, 6.07) is 11.5. The first-order valence-corrected chi connectivity index (χ1v) is 8.99. The molecule has 0 spiro atoms. The van der Waals surface area contributed by atoms with Crippen molar-refractivity contribution in [2.45, 2.75) is 18.9 Å². The van der Waals surface area contributed by atoms with Crippen LogP contribution < -0.4 is 10.6 Å². The number of amides is 1. The molecule has 3 aromatic rings. The SMILES string of the molecule is CN1CCC(Nc2ccc3ncc(-c4cccc(NC(=O)O)c4)n3n2)CC1. The number of rotatable bonds is 4. The Morgan fingerprint density at radius 3 is 2.81 bits per heavy atom. The van der Waals surface area contributed by atoms with E-state index >= 15 is 0 Å². The number of aromatic nitrogens is 3. The van der Waals surface area contributed by atoms with Crippen molar-refractivity contribution in [3.8, 4) is 11.3 Å². The molecule has 0 aliphatic carbocycles. The first kappa shape index (κ1) is 17.3. The van der Waals surface area contributed by atoms with Gasteiger partial charge in [-0.3, -0.25) is 5.32 Å². The maximum Gasteiger partial charge on any atom is 0.409 e. The number of nitrogens with zero attached hydrogens (tertiary/aromatic N) is 4. The van der Waals surface area contributed by atoms with Crippen molar-refractivity contribution >= 4 is 23.2 Å². The molecule has 8 heteroatoms. The Morgan fingerprint density at radius 1 is 1.22 bits per heavy atom. The molecule has 4 rings (SSSR count). The molecule has 8 nitrogen and oxygen atoms in total. The fourth-order valence-corrected chi connectivity index (χ4v) is 3.39. The van der Waals surface area contributed by atoms with Gasteiger partial charge in [0.25, 0.3) is 0 Å². The zero-order chi connectivity index (χ0) is 18.8. The Kier molecular flexibility index (Phi) is 4.64. The Bertz CT molecular complexity index is 962. The predicted octanol–water partition coefficient (Wildman–Crippen LogP) is 2.99. The van der Waals surface area contributed by atoms with Crippen LogP contribution >= 0.6 is 0 Å². The van der Waals surface area contributed by atoms with Gasteiger partial charge in [0.2, 0.25) is 0 Å². The number of imidazole rings is 1. The van der Waals surface area contributed by atoms with Crippen LogP contribution in [0.15, 0.2) is 42.6 Å². The summed E-state index contributed by atoms with van der Waals surface area (Å²) >= 11 is 0. The summed E-state index contributed by atoms with van der Waals surface area (Å²) in [7, 11) is 2.14. The lowest BCUT2D eigenvalue weighted by molar-refractivity contribution is 0.210. The summed E-state index contributed by atoms with van der Waals surface area (Å²) in [5, 5.41) is 19.5. The molecule has 3 N–H and O–H groups in total. The lowest BCUT2D eigenvalue weighted by Crippen LogP contribution is -2.36. The van der Waals surface area contributed by atoms with Gasteiger partial charge in [0.1, 0.15) is 5.82 Å². The molecule has 0 bridgehead atoms. The quantitative estimate of drug-likeness (QED) is 0.657. The van der Waals surface area contributed by atoms with Crippen LogP contribution in [0.2, 0.25) is 0 Å². The number of hydrogen-bond donors (Lipinski definition) is 3. The topological polar surface area (TPSA) is 94.8 Å². The van der Waals surface area contributed by atoms with Gasteiger partial charge in [-0.1, -0.05) is 12.1 Å². The van der Waals surface area contributed by atoms with Crippen molar-refractivity contribution in [2.75, 3.05) is 30.8 Å². The van der Waals surface area contributed by atoms with Crippen LogP contribution in [0.5, 0.6) is 0 Å². The number of piperidine rings is 1. The van der Waals surface area contributed by atoms with Crippen molar-refractivity contribution in [1.82, 2.24) is 19.5 Å². The van der Waals surface area contributed by atoms with E-state index in [9.17, 15) is 4.79 Å². The van der Waals surface area contributed by atoms with E-state index in [-0.39, 0.29) is 0 Å². The molecule has 0 saturated carbocycles. The van der Waals surface area contributed by atoms with Crippen LogP contribution in [0.4, 0.5) is 16.3 Å². The Labute approximate surface area is 156 Å².